The SMILES string of the molecule is CCCCC/C=C\C/C=C\CCCCCCCC(CC(=O)NC(CO)C(O)CCCCCCCCCCC)OC(=O)CCCCCCCCC/C=C/CCCCCCCC. The summed E-state index contributed by atoms with van der Waals surface area (Å²) >= 11 is 0. The monoisotopic (exact) mass is 844 g/mol. The molecule has 0 aliphatic rings. The summed E-state index contributed by atoms with van der Waals surface area (Å²) in [5.74, 6) is -0.485. The average Bonchev–Trinajstić information content (AvgIpc) is 3.24. The van der Waals surface area contributed by atoms with E-state index >= 15 is 0 Å². The molecule has 1 amide bonds. The second-order valence-corrected chi connectivity index (χ2v) is 17.9. The predicted octanol–water partition coefficient (Wildman–Crippen LogP) is 15.7. The van der Waals surface area contributed by atoms with Crippen LogP contribution in [0.4, 0.5) is 0 Å². The van der Waals surface area contributed by atoms with Crippen molar-refractivity contribution in [3.63, 3.8) is 0 Å². The number of hydrogen-bond acceptors (Lipinski definition) is 5. The summed E-state index contributed by atoms with van der Waals surface area (Å²) in [5.41, 5.74) is 0. The zero-order valence-corrected chi connectivity index (χ0v) is 40.1. The largest absolute Gasteiger partial charge is 0.462 e. The topological polar surface area (TPSA) is 95.9 Å². The first-order valence-electron chi connectivity index (χ1n) is 26.2. The van der Waals surface area contributed by atoms with Crippen LogP contribution in [0.3, 0.4) is 0 Å². The highest BCUT2D eigenvalue weighted by molar-refractivity contribution is 5.77. The van der Waals surface area contributed by atoms with Gasteiger partial charge in [-0.2, -0.15) is 0 Å². The van der Waals surface area contributed by atoms with Gasteiger partial charge < -0.3 is 20.3 Å². The molecule has 3 unspecified atom stereocenters. The van der Waals surface area contributed by atoms with Gasteiger partial charge in [0.15, 0.2) is 0 Å². The van der Waals surface area contributed by atoms with E-state index in [4.69, 9.17) is 4.74 Å². The van der Waals surface area contributed by atoms with Gasteiger partial charge in [-0.3, -0.25) is 9.59 Å². The number of hydrogen-bond donors (Lipinski definition) is 3. The Morgan fingerprint density at radius 1 is 0.483 bits per heavy atom. The van der Waals surface area contributed by atoms with Crippen LogP contribution in [0.1, 0.15) is 271 Å². The highest BCUT2D eigenvalue weighted by atomic mass is 16.5. The number of unbranched alkanes of at least 4 members (excludes halogenated alkanes) is 29. The average molecular weight is 844 g/mol. The third-order valence-electron chi connectivity index (χ3n) is 11.9. The molecule has 0 bridgehead atoms. The number of carbonyl (C=O) groups excluding carboxylic acids is 2. The molecule has 0 heterocycles. The minimum atomic E-state index is -0.789. The predicted molar refractivity (Wildman–Crippen MR) is 259 cm³/mol. The number of amides is 1. The molecule has 0 aromatic heterocycles. The summed E-state index contributed by atoms with van der Waals surface area (Å²) in [4.78, 5) is 26.1. The molecule has 0 aromatic carbocycles. The summed E-state index contributed by atoms with van der Waals surface area (Å²) in [7, 11) is 0. The van der Waals surface area contributed by atoms with Gasteiger partial charge in [0.05, 0.1) is 25.2 Å². The lowest BCUT2D eigenvalue weighted by Crippen LogP contribution is -2.46. The molecule has 3 atom stereocenters. The molecule has 0 rings (SSSR count). The van der Waals surface area contributed by atoms with Gasteiger partial charge in [0, 0.05) is 6.42 Å². The third-order valence-corrected chi connectivity index (χ3v) is 11.9. The Labute approximate surface area is 373 Å². The van der Waals surface area contributed by atoms with Crippen molar-refractivity contribution in [2.45, 2.75) is 289 Å². The van der Waals surface area contributed by atoms with Crippen molar-refractivity contribution in [3.05, 3.63) is 36.5 Å². The molecule has 0 aliphatic carbocycles. The van der Waals surface area contributed by atoms with E-state index in [1.165, 1.54) is 154 Å². The summed E-state index contributed by atoms with van der Waals surface area (Å²) in [6, 6.07) is -0.704. The van der Waals surface area contributed by atoms with Gasteiger partial charge in [-0.15, -0.1) is 0 Å². The van der Waals surface area contributed by atoms with Crippen LogP contribution in [0.25, 0.3) is 0 Å². The van der Waals surface area contributed by atoms with Crippen LogP contribution in [-0.2, 0) is 14.3 Å². The van der Waals surface area contributed by atoms with Crippen molar-refractivity contribution in [2.75, 3.05) is 6.61 Å². The van der Waals surface area contributed by atoms with Crippen LogP contribution in [0.5, 0.6) is 0 Å². The summed E-state index contributed by atoms with van der Waals surface area (Å²) in [5, 5.41) is 23.7. The van der Waals surface area contributed by atoms with Crippen LogP contribution in [0, 0.1) is 0 Å². The number of rotatable bonds is 47. The van der Waals surface area contributed by atoms with Gasteiger partial charge in [0.1, 0.15) is 6.10 Å². The van der Waals surface area contributed by atoms with E-state index in [0.29, 0.717) is 19.3 Å². The molecule has 0 aliphatic heterocycles. The first kappa shape index (κ1) is 58.1. The molecule has 352 valence electrons. The molecule has 0 saturated heterocycles. The van der Waals surface area contributed by atoms with Crippen LogP contribution >= 0.6 is 0 Å². The van der Waals surface area contributed by atoms with Gasteiger partial charge in [0.25, 0.3) is 0 Å². The van der Waals surface area contributed by atoms with Crippen LogP contribution in [-0.4, -0.2) is 46.9 Å². The van der Waals surface area contributed by atoms with Crippen molar-refractivity contribution in [2.24, 2.45) is 0 Å². The van der Waals surface area contributed by atoms with E-state index in [-0.39, 0.29) is 24.9 Å². The van der Waals surface area contributed by atoms with E-state index < -0.39 is 18.2 Å². The van der Waals surface area contributed by atoms with Gasteiger partial charge in [0.2, 0.25) is 5.91 Å². The normalized spacial score (nSPS) is 13.5. The standard InChI is InChI=1S/C54H101NO5/c1-4-7-10-13-16-19-21-23-25-26-28-30-32-35-38-41-44-47-54(59)60-50(45-42-39-36-34-31-29-27-24-22-20-17-14-11-8-5-2)48-53(58)55-51(49-56)52(57)46-43-40-37-33-18-15-12-9-6-3/h17,20,23-25,27,50-52,56-57H,4-16,18-19,21-22,26,28-49H2,1-3H3,(H,55,58)/b20-17-,25-23+,27-24-. The van der Waals surface area contributed by atoms with Crippen molar-refractivity contribution in [3.8, 4) is 0 Å². The number of carbonyl (C=O) groups is 2. The molecule has 6 heteroatoms. The van der Waals surface area contributed by atoms with E-state index in [9.17, 15) is 19.8 Å². The maximum atomic E-state index is 13.2. The number of allylic oxidation sites excluding steroid dienone is 6. The molecule has 3 N–H and O–H groups in total. The van der Waals surface area contributed by atoms with Gasteiger partial charge >= 0.3 is 5.97 Å². The first-order valence-corrected chi connectivity index (χ1v) is 26.2. The molecule has 0 radical (unpaired) electrons. The molecule has 60 heavy (non-hydrogen) atoms. The van der Waals surface area contributed by atoms with Crippen LogP contribution in [0.15, 0.2) is 36.5 Å². The molecular formula is C54H101NO5. The number of nitrogens with one attached hydrogen (secondary N) is 1. The van der Waals surface area contributed by atoms with E-state index in [1.807, 2.05) is 0 Å². The highest BCUT2D eigenvalue weighted by Crippen LogP contribution is 2.18. The van der Waals surface area contributed by atoms with Crippen molar-refractivity contribution in [1.29, 1.82) is 0 Å². The number of ether oxygens (including phenoxy) is 1. The fourth-order valence-corrected chi connectivity index (χ4v) is 7.93. The lowest BCUT2D eigenvalue weighted by molar-refractivity contribution is -0.151. The lowest BCUT2D eigenvalue weighted by atomic mass is 10.0. The quantitative estimate of drug-likeness (QED) is 0.0322. The van der Waals surface area contributed by atoms with Crippen molar-refractivity contribution in [1.82, 2.24) is 5.32 Å². The molecule has 0 spiro atoms. The number of aliphatic hydroxyl groups excluding tert-OH is 2. The Balaban J connectivity index is 4.57. The minimum Gasteiger partial charge on any atom is -0.462 e. The van der Waals surface area contributed by atoms with Crippen LogP contribution < -0.4 is 5.32 Å². The van der Waals surface area contributed by atoms with Crippen molar-refractivity contribution >= 4 is 11.9 Å². The van der Waals surface area contributed by atoms with Crippen LogP contribution in [0.2, 0.25) is 0 Å². The minimum absolute atomic E-state index is 0.0685. The Morgan fingerprint density at radius 2 is 0.850 bits per heavy atom. The summed E-state index contributed by atoms with van der Waals surface area (Å²) in [6.07, 6.45) is 56.3. The third kappa shape index (κ3) is 42.8. The van der Waals surface area contributed by atoms with E-state index in [1.54, 1.807) is 0 Å². The molecule has 6 nitrogen and oxygen atoms in total. The lowest BCUT2D eigenvalue weighted by Gasteiger charge is -2.24. The Hall–Kier alpha value is -1.92. The molecule has 0 saturated carbocycles. The zero-order chi connectivity index (χ0) is 43.8. The van der Waals surface area contributed by atoms with Crippen molar-refractivity contribution < 1.29 is 24.5 Å². The van der Waals surface area contributed by atoms with E-state index in [0.717, 1.165) is 70.6 Å². The Bertz CT molecular complexity index is 993. The van der Waals surface area contributed by atoms with Gasteiger partial charge in [-0.1, -0.05) is 211 Å². The second-order valence-electron chi connectivity index (χ2n) is 17.9. The molecular weight excluding hydrogens is 743 g/mol. The Kier molecular flexibility index (Phi) is 46.6. The summed E-state index contributed by atoms with van der Waals surface area (Å²) in [6.45, 7) is 6.44. The fraction of sp³-hybridized carbons (Fsp3) is 0.852. The first-order chi connectivity index (χ1) is 29.5. The number of esters is 1. The number of aliphatic hydroxyl groups is 2. The van der Waals surface area contributed by atoms with Gasteiger partial charge in [-0.05, 0) is 83.5 Å². The molecule has 0 aromatic rings. The van der Waals surface area contributed by atoms with Gasteiger partial charge in [-0.25, -0.2) is 0 Å². The maximum absolute atomic E-state index is 13.2. The second kappa shape index (κ2) is 48.1. The van der Waals surface area contributed by atoms with E-state index in [2.05, 4.69) is 62.5 Å². The Morgan fingerprint density at radius 3 is 1.32 bits per heavy atom. The smallest absolute Gasteiger partial charge is 0.306 e. The maximum Gasteiger partial charge on any atom is 0.306 e. The highest BCUT2D eigenvalue weighted by Gasteiger charge is 2.24. The summed E-state index contributed by atoms with van der Waals surface area (Å²) < 4.78 is 5.93. The fourth-order valence-electron chi connectivity index (χ4n) is 7.93. The zero-order valence-electron chi connectivity index (χ0n) is 40.1. The molecule has 0 fully saturated rings.